The minimum atomic E-state index is -0.507. The van der Waals surface area contributed by atoms with E-state index in [1.54, 1.807) is 42.5 Å². The van der Waals surface area contributed by atoms with Gasteiger partial charge in [-0.25, -0.2) is 10.2 Å². The Morgan fingerprint density at radius 1 is 1.00 bits per heavy atom. The van der Waals surface area contributed by atoms with E-state index in [4.69, 9.17) is 25.8 Å². The Hall–Kier alpha value is -3.88. The zero-order chi connectivity index (χ0) is 26.2. The maximum absolute atomic E-state index is 13.1. The number of fused-ring (bicyclic) bond motifs is 1. The summed E-state index contributed by atoms with van der Waals surface area (Å²) in [5, 5.41) is 6.28. The number of benzene rings is 4. The fraction of sp³-hybridized carbons (Fsp3) is 0.107. The number of carbonyl (C=O) groups is 2. The number of ether oxygens (including phenoxy) is 3. The fourth-order valence-corrected chi connectivity index (χ4v) is 4.13. The molecule has 0 heterocycles. The monoisotopic (exact) mass is 580 g/mol. The lowest BCUT2D eigenvalue weighted by Gasteiger charge is -2.14. The molecule has 0 spiro atoms. The second-order valence-corrected chi connectivity index (χ2v) is 9.01. The van der Waals surface area contributed by atoms with Gasteiger partial charge in [-0.3, -0.25) is 4.79 Å². The van der Waals surface area contributed by atoms with Gasteiger partial charge in [0.25, 0.3) is 5.91 Å². The van der Waals surface area contributed by atoms with Gasteiger partial charge >= 0.3 is 5.97 Å². The molecule has 0 saturated heterocycles. The Labute approximate surface area is 227 Å². The lowest BCUT2D eigenvalue weighted by atomic mass is 10.0. The average Bonchev–Trinajstić information content (AvgIpc) is 2.90. The van der Waals surface area contributed by atoms with Crippen molar-refractivity contribution in [2.45, 2.75) is 6.92 Å². The number of rotatable bonds is 9. The van der Waals surface area contributed by atoms with Crippen LogP contribution in [0.4, 0.5) is 0 Å². The van der Waals surface area contributed by atoms with Crippen LogP contribution in [0.1, 0.15) is 22.8 Å². The van der Waals surface area contributed by atoms with Crippen LogP contribution in [0.3, 0.4) is 0 Å². The van der Waals surface area contributed by atoms with Gasteiger partial charge in [0.2, 0.25) is 0 Å². The van der Waals surface area contributed by atoms with Crippen molar-refractivity contribution < 1.29 is 23.8 Å². The molecule has 0 radical (unpaired) electrons. The summed E-state index contributed by atoms with van der Waals surface area (Å²) in [6.45, 7) is 1.96. The standard InChI is InChI=1S/C28H22BrClN2O5/c1-2-35-25-15-18(16-31-32-26(33)17-36-21-12-10-20(30)11-13-21)14-24(29)27(25)37-28(34)23-9-5-7-19-6-3-4-8-22(19)23/h3-16H,2,17H2,1H3,(H,32,33)/b31-16-. The number of hydrazone groups is 1. The van der Waals surface area contributed by atoms with E-state index < -0.39 is 11.9 Å². The number of amides is 1. The first-order valence-corrected chi connectivity index (χ1v) is 12.5. The molecule has 4 aromatic carbocycles. The minimum absolute atomic E-state index is 0.212. The zero-order valence-electron chi connectivity index (χ0n) is 19.7. The van der Waals surface area contributed by atoms with Crippen LogP contribution in [-0.4, -0.2) is 31.3 Å². The highest BCUT2D eigenvalue weighted by Gasteiger charge is 2.18. The van der Waals surface area contributed by atoms with Crippen LogP contribution in [0.25, 0.3) is 10.8 Å². The number of nitrogens with zero attached hydrogens (tertiary/aromatic N) is 1. The van der Waals surface area contributed by atoms with Crippen LogP contribution in [0.2, 0.25) is 5.02 Å². The third kappa shape index (κ3) is 6.87. The number of hydrogen-bond acceptors (Lipinski definition) is 6. The third-order valence-corrected chi connectivity index (χ3v) is 5.96. The smallest absolute Gasteiger partial charge is 0.344 e. The molecule has 37 heavy (non-hydrogen) atoms. The maximum Gasteiger partial charge on any atom is 0.344 e. The summed E-state index contributed by atoms with van der Waals surface area (Å²) in [7, 11) is 0. The topological polar surface area (TPSA) is 86.2 Å². The van der Waals surface area contributed by atoms with Crippen molar-refractivity contribution >= 4 is 56.4 Å². The van der Waals surface area contributed by atoms with Crippen LogP contribution in [-0.2, 0) is 4.79 Å². The molecule has 188 valence electrons. The van der Waals surface area contributed by atoms with Crippen molar-refractivity contribution in [2.24, 2.45) is 5.10 Å². The largest absolute Gasteiger partial charge is 0.490 e. The molecular weight excluding hydrogens is 560 g/mol. The van der Waals surface area contributed by atoms with E-state index >= 15 is 0 Å². The molecule has 9 heteroatoms. The van der Waals surface area contributed by atoms with Crippen molar-refractivity contribution in [1.29, 1.82) is 0 Å². The van der Waals surface area contributed by atoms with Gasteiger partial charge in [0.15, 0.2) is 18.1 Å². The first-order valence-electron chi connectivity index (χ1n) is 11.3. The van der Waals surface area contributed by atoms with Gasteiger partial charge in [-0.1, -0.05) is 48.0 Å². The SMILES string of the molecule is CCOc1cc(/C=N\NC(=O)COc2ccc(Cl)cc2)cc(Br)c1OC(=O)c1cccc2ccccc12. The average molecular weight is 582 g/mol. The van der Waals surface area contributed by atoms with E-state index in [0.29, 0.717) is 38.7 Å². The van der Waals surface area contributed by atoms with Crippen LogP contribution in [0.5, 0.6) is 17.2 Å². The summed E-state index contributed by atoms with van der Waals surface area (Å²) >= 11 is 9.30. The highest BCUT2D eigenvalue weighted by atomic mass is 79.9. The van der Waals surface area contributed by atoms with Crippen LogP contribution in [0, 0.1) is 0 Å². The molecule has 0 fully saturated rings. The normalized spacial score (nSPS) is 10.9. The van der Waals surface area contributed by atoms with Crippen molar-refractivity contribution in [2.75, 3.05) is 13.2 Å². The lowest BCUT2D eigenvalue weighted by molar-refractivity contribution is -0.123. The first kappa shape index (κ1) is 26.2. The van der Waals surface area contributed by atoms with E-state index in [2.05, 4.69) is 26.5 Å². The first-order chi connectivity index (χ1) is 17.9. The van der Waals surface area contributed by atoms with Crippen molar-refractivity contribution in [3.05, 3.63) is 99.5 Å². The predicted molar refractivity (Wildman–Crippen MR) is 147 cm³/mol. The molecule has 0 aliphatic heterocycles. The molecule has 0 aliphatic rings. The quantitative estimate of drug-likeness (QED) is 0.107. The minimum Gasteiger partial charge on any atom is -0.490 e. The maximum atomic E-state index is 13.1. The van der Waals surface area contributed by atoms with Gasteiger partial charge in [-0.05, 0) is 81.7 Å². The van der Waals surface area contributed by atoms with E-state index in [0.717, 1.165) is 10.8 Å². The molecule has 0 atom stereocenters. The second-order valence-electron chi connectivity index (χ2n) is 7.72. The van der Waals surface area contributed by atoms with Gasteiger partial charge in [0.1, 0.15) is 5.75 Å². The summed E-state index contributed by atoms with van der Waals surface area (Å²) in [6.07, 6.45) is 1.45. The Balaban J connectivity index is 1.45. The molecule has 4 rings (SSSR count). The summed E-state index contributed by atoms with van der Waals surface area (Å²) in [4.78, 5) is 25.1. The van der Waals surface area contributed by atoms with Crippen molar-refractivity contribution in [3.63, 3.8) is 0 Å². The number of esters is 1. The molecule has 0 saturated carbocycles. The number of hydrogen-bond donors (Lipinski definition) is 1. The Kier molecular flexibility index (Phi) is 8.77. The van der Waals surface area contributed by atoms with E-state index in [1.807, 2.05) is 43.3 Å². The second kappa shape index (κ2) is 12.4. The van der Waals surface area contributed by atoms with E-state index in [-0.39, 0.29) is 12.4 Å². The van der Waals surface area contributed by atoms with Crippen LogP contribution < -0.4 is 19.6 Å². The fourth-order valence-electron chi connectivity index (χ4n) is 3.47. The summed E-state index contributed by atoms with van der Waals surface area (Å²) in [5.74, 6) is 0.174. The van der Waals surface area contributed by atoms with E-state index in [1.165, 1.54) is 6.21 Å². The molecule has 1 amide bonds. The van der Waals surface area contributed by atoms with Crippen molar-refractivity contribution in [1.82, 2.24) is 5.43 Å². The predicted octanol–water partition coefficient (Wildman–Crippen LogP) is 6.40. The molecule has 1 N–H and O–H groups in total. The zero-order valence-corrected chi connectivity index (χ0v) is 22.1. The Bertz CT molecular complexity index is 1450. The summed E-state index contributed by atoms with van der Waals surface area (Å²) in [5.41, 5.74) is 3.46. The Morgan fingerprint density at radius 3 is 2.54 bits per heavy atom. The number of halogens is 2. The van der Waals surface area contributed by atoms with Gasteiger partial charge in [-0.2, -0.15) is 5.10 Å². The molecule has 0 aliphatic carbocycles. The van der Waals surface area contributed by atoms with Gasteiger partial charge < -0.3 is 14.2 Å². The van der Waals surface area contributed by atoms with Crippen molar-refractivity contribution in [3.8, 4) is 17.2 Å². The molecular formula is C28H22BrClN2O5. The highest BCUT2D eigenvalue weighted by molar-refractivity contribution is 9.10. The lowest BCUT2D eigenvalue weighted by Crippen LogP contribution is -2.24. The van der Waals surface area contributed by atoms with Gasteiger partial charge in [0.05, 0.1) is 22.9 Å². The molecule has 0 unspecified atom stereocenters. The molecule has 4 aromatic rings. The molecule has 0 aromatic heterocycles. The number of carbonyl (C=O) groups excluding carboxylic acids is 2. The van der Waals surface area contributed by atoms with Gasteiger partial charge in [-0.15, -0.1) is 0 Å². The number of nitrogens with one attached hydrogen (secondary N) is 1. The molecule has 7 nitrogen and oxygen atoms in total. The van der Waals surface area contributed by atoms with Gasteiger partial charge in [0, 0.05) is 5.02 Å². The van der Waals surface area contributed by atoms with Crippen LogP contribution >= 0.6 is 27.5 Å². The summed E-state index contributed by atoms with van der Waals surface area (Å²) < 4.78 is 17.4. The van der Waals surface area contributed by atoms with E-state index in [9.17, 15) is 9.59 Å². The third-order valence-electron chi connectivity index (χ3n) is 5.12. The summed E-state index contributed by atoms with van der Waals surface area (Å²) in [6, 6.07) is 23.1. The molecule has 0 bridgehead atoms. The van der Waals surface area contributed by atoms with Crippen LogP contribution in [0.15, 0.2) is 88.4 Å². The highest BCUT2D eigenvalue weighted by Crippen LogP contribution is 2.37. The Morgan fingerprint density at radius 2 is 1.76 bits per heavy atom.